The van der Waals surface area contributed by atoms with Gasteiger partial charge in [0.25, 0.3) is 0 Å². The van der Waals surface area contributed by atoms with Gasteiger partial charge in [0, 0.05) is 10.6 Å². The van der Waals surface area contributed by atoms with Crippen LogP contribution in [0.25, 0.3) is 11.1 Å². The maximum atomic E-state index is 13.2. The van der Waals surface area contributed by atoms with Gasteiger partial charge >= 0.3 is 0 Å². The summed E-state index contributed by atoms with van der Waals surface area (Å²) >= 11 is 12.4. The lowest BCUT2D eigenvalue weighted by atomic mass is 10.0. The molecule has 2 rings (SSSR count). The van der Waals surface area contributed by atoms with Crippen molar-refractivity contribution < 1.29 is 4.39 Å². The Morgan fingerprint density at radius 2 is 1.89 bits per heavy atom. The zero-order valence-electron chi connectivity index (χ0n) is 9.59. The Bertz CT molecular complexity index is 570. The van der Waals surface area contributed by atoms with E-state index in [1.165, 1.54) is 12.1 Å². The van der Waals surface area contributed by atoms with E-state index in [0.29, 0.717) is 23.0 Å². The highest BCUT2D eigenvalue weighted by molar-refractivity contribution is 6.37. The van der Waals surface area contributed by atoms with Crippen LogP contribution in [-0.2, 0) is 6.42 Å². The van der Waals surface area contributed by atoms with E-state index in [9.17, 15) is 4.39 Å². The van der Waals surface area contributed by atoms with E-state index >= 15 is 0 Å². The van der Waals surface area contributed by atoms with Gasteiger partial charge in [-0.15, -0.1) is 0 Å². The molecule has 0 spiro atoms. The van der Waals surface area contributed by atoms with Gasteiger partial charge < -0.3 is 5.73 Å². The Kier molecular flexibility index (Phi) is 4.23. The SMILES string of the molecule is NCCc1c(Cl)ccc(-c2cccc(F)c2)c1Cl. The predicted octanol–water partition coefficient (Wildman–Crippen LogP) is 4.30. The van der Waals surface area contributed by atoms with Gasteiger partial charge in [-0.2, -0.15) is 0 Å². The minimum Gasteiger partial charge on any atom is -0.330 e. The topological polar surface area (TPSA) is 26.0 Å². The van der Waals surface area contributed by atoms with E-state index in [2.05, 4.69) is 0 Å². The van der Waals surface area contributed by atoms with Crippen molar-refractivity contribution in [3.8, 4) is 11.1 Å². The highest BCUT2D eigenvalue weighted by Crippen LogP contribution is 2.35. The lowest BCUT2D eigenvalue weighted by Crippen LogP contribution is -2.04. The van der Waals surface area contributed by atoms with Crippen molar-refractivity contribution in [2.45, 2.75) is 6.42 Å². The van der Waals surface area contributed by atoms with Crippen molar-refractivity contribution in [2.75, 3.05) is 6.54 Å². The molecule has 0 amide bonds. The summed E-state index contributed by atoms with van der Waals surface area (Å²) in [6, 6.07) is 9.86. The molecule has 0 fully saturated rings. The highest BCUT2D eigenvalue weighted by atomic mass is 35.5. The molecule has 2 N–H and O–H groups in total. The van der Waals surface area contributed by atoms with Gasteiger partial charge in [0.1, 0.15) is 5.82 Å². The molecule has 2 aromatic carbocycles. The van der Waals surface area contributed by atoms with Gasteiger partial charge in [-0.25, -0.2) is 4.39 Å². The quantitative estimate of drug-likeness (QED) is 0.893. The van der Waals surface area contributed by atoms with Crippen molar-refractivity contribution in [1.29, 1.82) is 0 Å². The van der Waals surface area contributed by atoms with Gasteiger partial charge in [0.05, 0.1) is 5.02 Å². The van der Waals surface area contributed by atoms with Crippen LogP contribution in [0, 0.1) is 5.82 Å². The van der Waals surface area contributed by atoms with Crippen LogP contribution in [0.4, 0.5) is 4.39 Å². The minimum absolute atomic E-state index is 0.293. The number of benzene rings is 2. The first-order valence-electron chi connectivity index (χ1n) is 5.56. The standard InChI is InChI=1S/C14H12Cl2FN/c15-13-5-4-11(14(16)12(13)6-7-18)9-2-1-3-10(17)8-9/h1-5,8H,6-7,18H2. The summed E-state index contributed by atoms with van der Waals surface area (Å²) in [7, 11) is 0. The van der Waals surface area contributed by atoms with Crippen LogP contribution >= 0.6 is 23.2 Å². The van der Waals surface area contributed by atoms with Gasteiger partial charge in [-0.1, -0.05) is 41.4 Å². The normalized spacial score (nSPS) is 10.7. The largest absolute Gasteiger partial charge is 0.330 e. The second kappa shape index (κ2) is 5.70. The molecular formula is C14H12Cl2FN. The summed E-state index contributed by atoms with van der Waals surface area (Å²) in [4.78, 5) is 0. The molecular weight excluding hydrogens is 272 g/mol. The van der Waals surface area contributed by atoms with Crippen LogP contribution in [0.1, 0.15) is 5.56 Å². The van der Waals surface area contributed by atoms with Crippen molar-refractivity contribution in [3.63, 3.8) is 0 Å². The molecule has 0 aliphatic rings. The van der Waals surface area contributed by atoms with Crippen molar-refractivity contribution in [3.05, 3.63) is 57.8 Å². The molecule has 1 nitrogen and oxygen atoms in total. The van der Waals surface area contributed by atoms with Gasteiger partial charge in [-0.3, -0.25) is 0 Å². The molecule has 4 heteroatoms. The van der Waals surface area contributed by atoms with Crippen LogP contribution in [0.15, 0.2) is 36.4 Å². The Morgan fingerprint density at radius 3 is 2.56 bits per heavy atom. The fourth-order valence-corrected chi connectivity index (χ4v) is 2.52. The molecule has 0 aliphatic heterocycles. The summed E-state index contributed by atoms with van der Waals surface area (Å²) < 4.78 is 13.2. The van der Waals surface area contributed by atoms with E-state index in [4.69, 9.17) is 28.9 Å². The summed E-state index contributed by atoms with van der Waals surface area (Å²) in [5.41, 5.74) is 7.84. The van der Waals surface area contributed by atoms with Gasteiger partial charge in [0.15, 0.2) is 0 Å². The molecule has 0 saturated carbocycles. The van der Waals surface area contributed by atoms with Crippen LogP contribution in [0.5, 0.6) is 0 Å². The average molecular weight is 284 g/mol. The third-order valence-corrected chi connectivity index (χ3v) is 3.50. The third kappa shape index (κ3) is 2.66. The number of halogens is 3. The first-order chi connectivity index (χ1) is 8.63. The molecule has 0 atom stereocenters. The Hall–Kier alpha value is -1.09. The zero-order valence-corrected chi connectivity index (χ0v) is 11.1. The number of nitrogens with two attached hydrogens (primary N) is 1. The number of rotatable bonds is 3. The highest BCUT2D eigenvalue weighted by Gasteiger charge is 2.11. The molecule has 2 aromatic rings. The first-order valence-corrected chi connectivity index (χ1v) is 6.32. The predicted molar refractivity (Wildman–Crippen MR) is 74.6 cm³/mol. The molecule has 0 aliphatic carbocycles. The second-order valence-corrected chi connectivity index (χ2v) is 4.72. The first kappa shape index (κ1) is 13.3. The van der Waals surface area contributed by atoms with E-state index < -0.39 is 0 Å². The summed E-state index contributed by atoms with van der Waals surface area (Å²) in [6.45, 7) is 0.464. The number of hydrogen-bond donors (Lipinski definition) is 1. The lowest BCUT2D eigenvalue weighted by molar-refractivity contribution is 0.628. The Balaban J connectivity index is 2.55. The maximum absolute atomic E-state index is 13.2. The van der Waals surface area contributed by atoms with Crippen LogP contribution in [0.3, 0.4) is 0 Å². The third-order valence-electron chi connectivity index (χ3n) is 2.72. The molecule has 0 heterocycles. The molecule has 18 heavy (non-hydrogen) atoms. The second-order valence-electron chi connectivity index (χ2n) is 3.94. The van der Waals surface area contributed by atoms with E-state index in [1.54, 1.807) is 18.2 Å². The van der Waals surface area contributed by atoms with Crippen LogP contribution in [0.2, 0.25) is 10.0 Å². The Morgan fingerprint density at radius 1 is 1.11 bits per heavy atom. The Labute approximate surface area is 115 Å². The van der Waals surface area contributed by atoms with Crippen molar-refractivity contribution in [2.24, 2.45) is 5.73 Å². The lowest BCUT2D eigenvalue weighted by Gasteiger charge is -2.11. The molecule has 0 aromatic heterocycles. The smallest absolute Gasteiger partial charge is 0.123 e. The summed E-state index contributed by atoms with van der Waals surface area (Å²) in [5.74, 6) is -0.293. The molecule has 0 unspecified atom stereocenters. The van der Waals surface area contributed by atoms with E-state index in [0.717, 1.165) is 16.7 Å². The summed E-state index contributed by atoms with van der Waals surface area (Å²) in [6.07, 6.45) is 0.598. The molecule has 0 saturated heterocycles. The average Bonchev–Trinajstić information content (AvgIpc) is 2.34. The van der Waals surface area contributed by atoms with Crippen LogP contribution < -0.4 is 5.73 Å². The summed E-state index contributed by atoms with van der Waals surface area (Å²) in [5, 5.41) is 1.13. The van der Waals surface area contributed by atoms with Crippen molar-refractivity contribution in [1.82, 2.24) is 0 Å². The number of hydrogen-bond acceptors (Lipinski definition) is 1. The van der Waals surface area contributed by atoms with Gasteiger partial charge in [-0.05, 0) is 42.3 Å². The van der Waals surface area contributed by atoms with E-state index in [-0.39, 0.29) is 5.82 Å². The van der Waals surface area contributed by atoms with E-state index in [1.807, 2.05) is 6.07 Å². The monoisotopic (exact) mass is 283 g/mol. The van der Waals surface area contributed by atoms with Crippen LogP contribution in [-0.4, -0.2) is 6.54 Å². The molecule has 0 bridgehead atoms. The molecule has 94 valence electrons. The fourth-order valence-electron chi connectivity index (χ4n) is 1.85. The fraction of sp³-hybridized carbons (Fsp3) is 0.143. The minimum atomic E-state index is -0.293. The zero-order chi connectivity index (χ0) is 13.1. The van der Waals surface area contributed by atoms with Gasteiger partial charge in [0.2, 0.25) is 0 Å². The maximum Gasteiger partial charge on any atom is 0.123 e. The van der Waals surface area contributed by atoms with Crippen molar-refractivity contribution >= 4 is 23.2 Å². The molecule has 0 radical (unpaired) electrons.